The summed E-state index contributed by atoms with van der Waals surface area (Å²) in [6, 6.07) is 7.76. The van der Waals surface area contributed by atoms with Crippen LogP contribution in [0.3, 0.4) is 0 Å². The van der Waals surface area contributed by atoms with E-state index in [-0.39, 0.29) is 30.5 Å². The fourth-order valence-electron chi connectivity index (χ4n) is 3.64. The number of methoxy groups -OCH3 is 1. The molecule has 31 heavy (non-hydrogen) atoms. The summed E-state index contributed by atoms with van der Waals surface area (Å²) in [5.74, 6) is 1.29. The molecule has 1 heterocycles. The van der Waals surface area contributed by atoms with Crippen molar-refractivity contribution in [1.82, 2.24) is 15.6 Å². The largest absolute Gasteiger partial charge is 0.493 e. The summed E-state index contributed by atoms with van der Waals surface area (Å²) in [5, 5.41) is 8.68. The van der Waals surface area contributed by atoms with Crippen LogP contribution in [0.15, 0.2) is 29.6 Å². The lowest BCUT2D eigenvalue weighted by Gasteiger charge is -2.29. The Hall–Kier alpha value is -2.61. The number of carbonyl (C=O) groups excluding carboxylic acids is 2. The molecule has 2 aromatic rings. The van der Waals surface area contributed by atoms with Crippen molar-refractivity contribution in [2.24, 2.45) is 0 Å². The van der Waals surface area contributed by atoms with Crippen LogP contribution >= 0.6 is 11.3 Å². The summed E-state index contributed by atoms with van der Waals surface area (Å²) in [6.07, 6.45) is 6.04. The molecule has 1 aliphatic rings. The summed E-state index contributed by atoms with van der Waals surface area (Å²) in [5.41, 5.74) is 0.415. The van der Waals surface area contributed by atoms with Crippen molar-refractivity contribution in [3.63, 3.8) is 0 Å². The zero-order chi connectivity index (χ0) is 22.1. The van der Waals surface area contributed by atoms with E-state index in [0.717, 1.165) is 43.5 Å². The predicted molar refractivity (Wildman–Crippen MR) is 121 cm³/mol. The summed E-state index contributed by atoms with van der Waals surface area (Å²) in [4.78, 5) is 28.9. The fourth-order valence-corrected chi connectivity index (χ4v) is 4.32. The van der Waals surface area contributed by atoms with Gasteiger partial charge in [-0.2, -0.15) is 0 Å². The second-order valence-electron chi connectivity index (χ2n) is 7.76. The number of hydrogen-bond acceptors (Lipinski definition) is 6. The third-order valence-electron chi connectivity index (χ3n) is 5.39. The normalized spacial score (nSPS) is 18.3. The monoisotopic (exact) mass is 445 g/mol. The predicted octanol–water partition coefficient (Wildman–Crippen LogP) is 4.08. The number of amides is 2. The number of aromatic nitrogens is 1. The minimum Gasteiger partial charge on any atom is -0.493 e. The molecular weight excluding hydrogens is 414 g/mol. The molecule has 2 amide bonds. The highest BCUT2D eigenvalue weighted by molar-refractivity contribution is 7.09. The molecule has 1 aromatic heterocycles. The van der Waals surface area contributed by atoms with Crippen molar-refractivity contribution in [2.45, 2.75) is 70.6 Å². The number of hydrogen-bond donors (Lipinski definition) is 2. The average molecular weight is 446 g/mol. The molecule has 168 valence electrons. The van der Waals surface area contributed by atoms with E-state index in [1.54, 1.807) is 12.5 Å². The van der Waals surface area contributed by atoms with Crippen LogP contribution in [0.4, 0.5) is 0 Å². The van der Waals surface area contributed by atoms with Crippen molar-refractivity contribution in [3.8, 4) is 11.5 Å². The molecule has 1 aromatic carbocycles. The lowest BCUT2D eigenvalue weighted by molar-refractivity contribution is -0.122. The number of para-hydroxylation sites is 2. The Labute approximate surface area is 187 Å². The van der Waals surface area contributed by atoms with Crippen molar-refractivity contribution in [3.05, 3.63) is 40.3 Å². The van der Waals surface area contributed by atoms with Crippen molar-refractivity contribution < 1.29 is 19.1 Å². The van der Waals surface area contributed by atoms with Crippen molar-refractivity contribution in [2.75, 3.05) is 7.11 Å². The number of carbonyl (C=O) groups is 2. The maximum atomic E-state index is 12.6. The van der Waals surface area contributed by atoms with Crippen LogP contribution in [-0.4, -0.2) is 36.0 Å². The molecule has 0 bridgehead atoms. The summed E-state index contributed by atoms with van der Waals surface area (Å²) in [7, 11) is 1.60. The third-order valence-corrected chi connectivity index (χ3v) is 6.21. The Morgan fingerprint density at radius 3 is 2.45 bits per heavy atom. The van der Waals surface area contributed by atoms with Crippen LogP contribution in [0.5, 0.6) is 11.5 Å². The highest BCUT2D eigenvalue weighted by Gasteiger charge is 2.24. The SMILES string of the molecule is CCCCC(=O)NC1CCC(NC(=O)c2csc(COc3ccccc3OC)n2)CC1. The maximum Gasteiger partial charge on any atom is 0.270 e. The Morgan fingerprint density at radius 2 is 1.77 bits per heavy atom. The van der Waals surface area contributed by atoms with E-state index in [4.69, 9.17) is 9.47 Å². The molecule has 1 aliphatic carbocycles. The number of nitrogens with one attached hydrogen (secondary N) is 2. The molecule has 0 unspecified atom stereocenters. The van der Waals surface area contributed by atoms with Gasteiger partial charge in [0.15, 0.2) is 11.5 Å². The van der Waals surface area contributed by atoms with Crippen LogP contribution < -0.4 is 20.1 Å². The van der Waals surface area contributed by atoms with E-state index >= 15 is 0 Å². The molecule has 0 aliphatic heterocycles. The molecule has 7 nitrogen and oxygen atoms in total. The lowest BCUT2D eigenvalue weighted by atomic mass is 9.91. The van der Waals surface area contributed by atoms with Gasteiger partial charge in [-0.1, -0.05) is 25.5 Å². The molecule has 8 heteroatoms. The number of rotatable bonds is 10. The Bertz CT molecular complexity index is 862. The van der Waals surface area contributed by atoms with Gasteiger partial charge in [-0.25, -0.2) is 4.98 Å². The van der Waals surface area contributed by atoms with Gasteiger partial charge in [-0.3, -0.25) is 9.59 Å². The number of nitrogens with zero attached hydrogens (tertiary/aromatic N) is 1. The van der Waals surface area contributed by atoms with Gasteiger partial charge >= 0.3 is 0 Å². The van der Waals surface area contributed by atoms with Gasteiger partial charge in [-0.05, 0) is 44.2 Å². The smallest absolute Gasteiger partial charge is 0.270 e. The van der Waals surface area contributed by atoms with Crippen molar-refractivity contribution in [1.29, 1.82) is 0 Å². The molecule has 3 rings (SSSR count). The number of ether oxygens (including phenoxy) is 2. The number of thiazole rings is 1. The first-order valence-corrected chi connectivity index (χ1v) is 11.8. The maximum absolute atomic E-state index is 12.6. The molecule has 0 atom stereocenters. The molecule has 0 radical (unpaired) electrons. The average Bonchev–Trinajstić information content (AvgIpc) is 3.27. The highest BCUT2D eigenvalue weighted by Crippen LogP contribution is 2.27. The number of unbranched alkanes of at least 4 members (excludes halogenated alkanes) is 1. The first-order valence-electron chi connectivity index (χ1n) is 10.9. The molecule has 1 saturated carbocycles. The van der Waals surface area contributed by atoms with E-state index in [2.05, 4.69) is 22.5 Å². The van der Waals surface area contributed by atoms with Crippen LogP contribution in [0.25, 0.3) is 0 Å². The van der Waals surface area contributed by atoms with Gasteiger partial charge in [0.25, 0.3) is 5.91 Å². The van der Waals surface area contributed by atoms with E-state index < -0.39 is 0 Å². The Balaban J connectivity index is 1.42. The van der Waals surface area contributed by atoms with Gasteiger partial charge in [0.05, 0.1) is 7.11 Å². The van der Waals surface area contributed by atoms with Gasteiger partial charge in [0.2, 0.25) is 5.91 Å². The molecule has 2 N–H and O–H groups in total. The second kappa shape index (κ2) is 11.7. The fraction of sp³-hybridized carbons (Fsp3) is 0.522. The van der Waals surface area contributed by atoms with Gasteiger partial charge < -0.3 is 20.1 Å². The minimum absolute atomic E-state index is 0.117. The van der Waals surface area contributed by atoms with Crippen LogP contribution in [0.1, 0.15) is 67.4 Å². The standard InChI is InChI=1S/C23H31N3O4S/c1-3-4-9-21(27)24-16-10-12-17(13-11-16)25-23(28)18-15-31-22(26-18)14-30-20-8-6-5-7-19(20)29-2/h5-8,15-17H,3-4,9-14H2,1-2H3,(H,24,27)(H,25,28). The van der Waals surface area contributed by atoms with E-state index in [1.807, 2.05) is 24.3 Å². The number of benzene rings is 1. The van der Waals surface area contributed by atoms with E-state index in [0.29, 0.717) is 23.6 Å². The molecular formula is C23H31N3O4S. The van der Waals surface area contributed by atoms with Crippen LogP contribution in [0.2, 0.25) is 0 Å². The zero-order valence-electron chi connectivity index (χ0n) is 18.2. The lowest BCUT2D eigenvalue weighted by Crippen LogP contribution is -2.43. The first kappa shape index (κ1) is 23.1. The highest BCUT2D eigenvalue weighted by atomic mass is 32.1. The third kappa shape index (κ3) is 6.95. The quantitative estimate of drug-likeness (QED) is 0.575. The van der Waals surface area contributed by atoms with Gasteiger partial charge in [0, 0.05) is 23.9 Å². The molecule has 1 fully saturated rings. The Kier molecular flexibility index (Phi) is 8.70. The van der Waals surface area contributed by atoms with Crippen molar-refractivity contribution >= 4 is 23.2 Å². The van der Waals surface area contributed by atoms with Gasteiger partial charge in [-0.15, -0.1) is 11.3 Å². The summed E-state index contributed by atoms with van der Waals surface area (Å²) in [6.45, 7) is 2.36. The van der Waals surface area contributed by atoms with Crippen LogP contribution in [0, 0.1) is 0 Å². The Morgan fingerprint density at radius 1 is 1.10 bits per heavy atom. The van der Waals surface area contributed by atoms with E-state index in [1.165, 1.54) is 11.3 Å². The summed E-state index contributed by atoms with van der Waals surface area (Å²) >= 11 is 1.40. The first-order chi connectivity index (χ1) is 15.1. The summed E-state index contributed by atoms with van der Waals surface area (Å²) < 4.78 is 11.1. The topological polar surface area (TPSA) is 89.6 Å². The zero-order valence-corrected chi connectivity index (χ0v) is 19.0. The minimum atomic E-state index is -0.157. The van der Waals surface area contributed by atoms with E-state index in [9.17, 15) is 9.59 Å². The van der Waals surface area contributed by atoms with Crippen LogP contribution in [-0.2, 0) is 11.4 Å². The molecule has 0 spiro atoms. The molecule has 0 saturated heterocycles. The van der Waals surface area contributed by atoms with Gasteiger partial charge in [0.1, 0.15) is 17.3 Å². The second-order valence-corrected chi connectivity index (χ2v) is 8.70.